The van der Waals surface area contributed by atoms with Gasteiger partial charge in [0.2, 0.25) is 0 Å². The van der Waals surface area contributed by atoms with Crippen molar-refractivity contribution in [2.24, 2.45) is 0 Å². The fourth-order valence-corrected chi connectivity index (χ4v) is 2.87. The van der Waals surface area contributed by atoms with E-state index in [2.05, 4.69) is 15.6 Å². The lowest BCUT2D eigenvalue weighted by molar-refractivity contribution is 0.301. The molecule has 0 unspecified atom stereocenters. The lowest BCUT2D eigenvalue weighted by Gasteiger charge is -2.10. The van der Waals surface area contributed by atoms with E-state index in [4.69, 9.17) is 9.47 Å². The van der Waals surface area contributed by atoms with E-state index in [9.17, 15) is 0 Å². The van der Waals surface area contributed by atoms with E-state index in [1.807, 2.05) is 79.1 Å². The fourth-order valence-electron chi connectivity index (χ4n) is 2.87. The van der Waals surface area contributed by atoms with Gasteiger partial charge in [-0.15, -0.1) is 0 Å². The van der Waals surface area contributed by atoms with E-state index in [1.54, 1.807) is 0 Å². The Labute approximate surface area is 152 Å². The Balaban J connectivity index is 1.31. The standard InChI is InChI=1S/C22H20N2O2/c1-2-8-18(9-3-1)26-20-11-6-10-19(16-20)25-15-7-14-24-17-23-21-12-4-5-13-22(21)24/h1-6,8-13,16-17H,7,14-15H2. The van der Waals surface area contributed by atoms with Crippen molar-refractivity contribution < 1.29 is 9.47 Å². The molecule has 0 spiro atoms. The molecule has 4 nitrogen and oxygen atoms in total. The van der Waals surface area contributed by atoms with Crippen LogP contribution in [0.4, 0.5) is 0 Å². The minimum absolute atomic E-state index is 0.640. The van der Waals surface area contributed by atoms with E-state index in [0.29, 0.717) is 6.61 Å². The van der Waals surface area contributed by atoms with E-state index in [0.717, 1.165) is 41.2 Å². The fraction of sp³-hybridized carbons (Fsp3) is 0.136. The van der Waals surface area contributed by atoms with Gasteiger partial charge in [0, 0.05) is 12.6 Å². The van der Waals surface area contributed by atoms with Crippen LogP contribution in [0.15, 0.2) is 85.2 Å². The van der Waals surface area contributed by atoms with Gasteiger partial charge in [-0.05, 0) is 42.8 Å². The quantitative estimate of drug-likeness (QED) is 0.427. The van der Waals surface area contributed by atoms with Crippen LogP contribution in [0.3, 0.4) is 0 Å². The molecule has 3 aromatic carbocycles. The predicted octanol–water partition coefficient (Wildman–Crippen LogP) is 5.30. The first-order valence-electron chi connectivity index (χ1n) is 8.74. The zero-order valence-electron chi connectivity index (χ0n) is 14.4. The van der Waals surface area contributed by atoms with Gasteiger partial charge in [0.15, 0.2) is 0 Å². The molecule has 26 heavy (non-hydrogen) atoms. The van der Waals surface area contributed by atoms with Crippen molar-refractivity contribution in [3.63, 3.8) is 0 Å². The summed E-state index contributed by atoms with van der Waals surface area (Å²) in [5.41, 5.74) is 2.19. The second kappa shape index (κ2) is 7.74. The predicted molar refractivity (Wildman–Crippen MR) is 103 cm³/mol. The molecule has 0 aliphatic heterocycles. The second-order valence-corrected chi connectivity index (χ2v) is 6.02. The molecule has 4 aromatic rings. The molecule has 0 bridgehead atoms. The van der Waals surface area contributed by atoms with Crippen LogP contribution in [-0.4, -0.2) is 16.2 Å². The third-order valence-corrected chi connectivity index (χ3v) is 4.12. The summed E-state index contributed by atoms with van der Waals surface area (Å²) in [4.78, 5) is 4.41. The number of aromatic nitrogens is 2. The maximum atomic E-state index is 5.88. The van der Waals surface area contributed by atoms with Gasteiger partial charge in [0.05, 0.1) is 24.0 Å². The van der Waals surface area contributed by atoms with Gasteiger partial charge < -0.3 is 14.0 Å². The molecule has 1 heterocycles. The zero-order valence-corrected chi connectivity index (χ0v) is 14.4. The Hall–Kier alpha value is -3.27. The van der Waals surface area contributed by atoms with Crippen molar-refractivity contribution in [3.05, 3.63) is 85.2 Å². The van der Waals surface area contributed by atoms with Gasteiger partial charge >= 0.3 is 0 Å². The lowest BCUT2D eigenvalue weighted by Crippen LogP contribution is -2.03. The Bertz CT molecular complexity index is 980. The molecular weight excluding hydrogens is 324 g/mol. The van der Waals surface area contributed by atoms with Crippen molar-refractivity contribution in [1.29, 1.82) is 0 Å². The SMILES string of the molecule is c1ccc(Oc2cccc(OCCCn3cnc4ccccc43)c2)cc1. The monoisotopic (exact) mass is 344 g/mol. The topological polar surface area (TPSA) is 36.3 Å². The zero-order chi connectivity index (χ0) is 17.6. The van der Waals surface area contributed by atoms with Crippen LogP contribution in [0, 0.1) is 0 Å². The number of ether oxygens (including phenoxy) is 2. The molecule has 0 aliphatic carbocycles. The highest BCUT2D eigenvalue weighted by atomic mass is 16.5. The van der Waals surface area contributed by atoms with E-state index in [-0.39, 0.29) is 0 Å². The van der Waals surface area contributed by atoms with Crippen molar-refractivity contribution in [2.45, 2.75) is 13.0 Å². The minimum atomic E-state index is 0.640. The Morgan fingerprint density at radius 3 is 2.46 bits per heavy atom. The summed E-state index contributed by atoms with van der Waals surface area (Å²) >= 11 is 0. The Morgan fingerprint density at radius 1 is 0.769 bits per heavy atom. The smallest absolute Gasteiger partial charge is 0.131 e. The van der Waals surface area contributed by atoms with Gasteiger partial charge in [-0.3, -0.25) is 0 Å². The largest absolute Gasteiger partial charge is 0.493 e. The number of imidazole rings is 1. The van der Waals surface area contributed by atoms with E-state index in [1.165, 1.54) is 0 Å². The van der Waals surface area contributed by atoms with Crippen molar-refractivity contribution >= 4 is 11.0 Å². The minimum Gasteiger partial charge on any atom is -0.493 e. The summed E-state index contributed by atoms with van der Waals surface area (Å²) in [6.07, 6.45) is 2.79. The van der Waals surface area contributed by atoms with Crippen LogP contribution < -0.4 is 9.47 Å². The van der Waals surface area contributed by atoms with Crippen LogP contribution >= 0.6 is 0 Å². The summed E-state index contributed by atoms with van der Waals surface area (Å²) in [7, 11) is 0. The number of hydrogen-bond donors (Lipinski definition) is 0. The molecular formula is C22H20N2O2. The van der Waals surface area contributed by atoms with Gasteiger partial charge in [-0.1, -0.05) is 36.4 Å². The molecule has 0 N–H and O–H groups in total. The second-order valence-electron chi connectivity index (χ2n) is 6.02. The molecule has 130 valence electrons. The average molecular weight is 344 g/mol. The molecule has 0 atom stereocenters. The van der Waals surface area contributed by atoms with E-state index < -0.39 is 0 Å². The molecule has 0 fully saturated rings. The van der Waals surface area contributed by atoms with Crippen LogP contribution in [0.5, 0.6) is 17.2 Å². The summed E-state index contributed by atoms with van der Waals surface area (Å²) in [6.45, 7) is 1.52. The maximum Gasteiger partial charge on any atom is 0.131 e. The number of hydrogen-bond acceptors (Lipinski definition) is 3. The summed E-state index contributed by atoms with van der Waals surface area (Å²) in [5, 5.41) is 0. The summed E-state index contributed by atoms with van der Waals surface area (Å²) in [6, 6.07) is 25.6. The van der Waals surface area contributed by atoms with Crippen LogP contribution in [0.1, 0.15) is 6.42 Å². The van der Waals surface area contributed by atoms with Crippen LogP contribution in [-0.2, 0) is 6.54 Å². The molecule has 0 radical (unpaired) electrons. The molecule has 1 aromatic heterocycles. The summed E-state index contributed by atoms with van der Waals surface area (Å²) < 4.78 is 13.9. The third kappa shape index (κ3) is 3.86. The van der Waals surface area contributed by atoms with Gasteiger partial charge in [-0.25, -0.2) is 4.98 Å². The third-order valence-electron chi connectivity index (χ3n) is 4.12. The highest BCUT2D eigenvalue weighted by Crippen LogP contribution is 2.25. The first-order chi connectivity index (χ1) is 12.9. The maximum absolute atomic E-state index is 5.88. The summed E-state index contributed by atoms with van der Waals surface area (Å²) in [5.74, 6) is 2.40. The molecule has 0 aliphatic rings. The van der Waals surface area contributed by atoms with Crippen LogP contribution in [0.2, 0.25) is 0 Å². The van der Waals surface area contributed by atoms with E-state index >= 15 is 0 Å². The Morgan fingerprint density at radius 2 is 1.54 bits per heavy atom. The highest BCUT2D eigenvalue weighted by Gasteiger charge is 2.02. The first-order valence-corrected chi connectivity index (χ1v) is 8.74. The van der Waals surface area contributed by atoms with Gasteiger partial charge in [0.1, 0.15) is 17.2 Å². The lowest BCUT2D eigenvalue weighted by atomic mass is 10.3. The van der Waals surface area contributed by atoms with Crippen molar-refractivity contribution in [3.8, 4) is 17.2 Å². The van der Waals surface area contributed by atoms with Crippen molar-refractivity contribution in [1.82, 2.24) is 9.55 Å². The molecule has 0 saturated carbocycles. The molecule has 4 heteroatoms. The normalized spacial score (nSPS) is 10.8. The number of rotatable bonds is 7. The number of fused-ring (bicyclic) bond motifs is 1. The number of nitrogens with zero attached hydrogens (tertiary/aromatic N) is 2. The van der Waals surface area contributed by atoms with Gasteiger partial charge in [-0.2, -0.15) is 0 Å². The molecule has 0 saturated heterocycles. The van der Waals surface area contributed by atoms with Gasteiger partial charge in [0.25, 0.3) is 0 Å². The highest BCUT2D eigenvalue weighted by molar-refractivity contribution is 5.74. The number of aryl methyl sites for hydroxylation is 1. The average Bonchev–Trinajstić information content (AvgIpc) is 3.10. The number of para-hydroxylation sites is 3. The molecule has 4 rings (SSSR count). The number of benzene rings is 3. The molecule has 0 amide bonds. The van der Waals surface area contributed by atoms with Crippen molar-refractivity contribution in [2.75, 3.05) is 6.61 Å². The Kier molecular flexibility index (Phi) is 4.83. The van der Waals surface area contributed by atoms with Crippen LogP contribution in [0.25, 0.3) is 11.0 Å². The first kappa shape index (κ1) is 16.2.